The Morgan fingerprint density at radius 2 is 2.44 bits per heavy atom. The summed E-state index contributed by atoms with van der Waals surface area (Å²) in [6.07, 6.45) is 2.79. The average molecular weight is 129 g/mol. The summed E-state index contributed by atoms with van der Waals surface area (Å²) in [5, 5.41) is 0. The molecule has 0 bridgehead atoms. The summed E-state index contributed by atoms with van der Waals surface area (Å²) in [4.78, 5) is 0. The zero-order valence-corrected chi connectivity index (χ0v) is 5.97. The molecule has 0 aliphatic carbocycles. The van der Waals surface area contributed by atoms with Gasteiger partial charge in [-0.25, -0.2) is 0 Å². The molecular formula is C7H15NO. The van der Waals surface area contributed by atoms with E-state index in [2.05, 4.69) is 6.92 Å². The van der Waals surface area contributed by atoms with E-state index in [9.17, 15) is 0 Å². The van der Waals surface area contributed by atoms with E-state index in [0.29, 0.717) is 6.10 Å². The molecule has 9 heavy (non-hydrogen) atoms. The molecule has 0 aromatic heterocycles. The maximum atomic E-state index is 5.42. The summed E-state index contributed by atoms with van der Waals surface area (Å²) in [6.45, 7) is 3.87. The predicted octanol–water partition coefficient (Wildman–Crippen LogP) is 0.760. The first-order valence-electron chi connectivity index (χ1n) is 3.66. The molecule has 1 heterocycles. The van der Waals surface area contributed by atoms with Gasteiger partial charge in [0.2, 0.25) is 0 Å². The maximum absolute atomic E-state index is 5.42. The van der Waals surface area contributed by atoms with Crippen molar-refractivity contribution < 1.29 is 4.74 Å². The van der Waals surface area contributed by atoms with Crippen LogP contribution in [0.2, 0.25) is 0 Å². The van der Waals surface area contributed by atoms with Gasteiger partial charge in [-0.15, -0.1) is 0 Å². The van der Waals surface area contributed by atoms with E-state index in [1.165, 1.54) is 6.42 Å². The highest BCUT2D eigenvalue weighted by Gasteiger charge is 2.22. The van der Waals surface area contributed by atoms with Crippen LogP contribution in [0, 0.1) is 5.92 Å². The Hall–Kier alpha value is -0.0800. The summed E-state index contributed by atoms with van der Waals surface area (Å²) < 4.78 is 5.36. The third-order valence-corrected chi connectivity index (χ3v) is 2.07. The van der Waals surface area contributed by atoms with Crippen molar-refractivity contribution in [3.63, 3.8) is 0 Å². The molecule has 0 spiro atoms. The number of ether oxygens (including phenoxy) is 1. The first-order valence-corrected chi connectivity index (χ1v) is 3.66. The van der Waals surface area contributed by atoms with E-state index in [1.54, 1.807) is 0 Å². The van der Waals surface area contributed by atoms with E-state index >= 15 is 0 Å². The third-order valence-electron chi connectivity index (χ3n) is 2.07. The third kappa shape index (κ3) is 1.66. The molecule has 0 aromatic rings. The Balaban J connectivity index is 2.22. The van der Waals surface area contributed by atoms with Crippen molar-refractivity contribution in [3.8, 4) is 0 Å². The normalized spacial score (nSPS) is 35.3. The Morgan fingerprint density at radius 3 is 2.89 bits per heavy atom. The predicted molar refractivity (Wildman–Crippen MR) is 37.2 cm³/mol. The van der Waals surface area contributed by atoms with Gasteiger partial charge >= 0.3 is 0 Å². The zero-order valence-electron chi connectivity index (χ0n) is 5.97. The van der Waals surface area contributed by atoms with Gasteiger partial charge in [0.1, 0.15) is 0 Å². The fourth-order valence-electron chi connectivity index (χ4n) is 1.37. The lowest BCUT2D eigenvalue weighted by atomic mass is 9.99. The molecule has 0 unspecified atom stereocenters. The molecule has 2 heteroatoms. The van der Waals surface area contributed by atoms with E-state index in [0.717, 1.165) is 25.5 Å². The van der Waals surface area contributed by atoms with Gasteiger partial charge in [0.05, 0.1) is 6.10 Å². The van der Waals surface area contributed by atoms with Gasteiger partial charge in [-0.05, 0) is 32.2 Å². The first-order chi connectivity index (χ1) is 4.34. The van der Waals surface area contributed by atoms with Crippen LogP contribution >= 0.6 is 0 Å². The Kier molecular flexibility index (Phi) is 2.49. The summed E-state index contributed by atoms with van der Waals surface area (Å²) >= 11 is 0. The largest absolute Gasteiger partial charge is 0.378 e. The number of nitrogens with two attached hydrogens (primary N) is 1. The highest BCUT2D eigenvalue weighted by Crippen LogP contribution is 2.22. The topological polar surface area (TPSA) is 35.2 Å². The molecule has 0 radical (unpaired) electrons. The lowest BCUT2D eigenvalue weighted by Crippen LogP contribution is -2.15. The Labute approximate surface area is 56.4 Å². The minimum Gasteiger partial charge on any atom is -0.378 e. The zero-order chi connectivity index (χ0) is 6.69. The molecule has 54 valence electrons. The van der Waals surface area contributed by atoms with Crippen LogP contribution in [0.4, 0.5) is 0 Å². The lowest BCUT2D eigenvalue weighted by molar-refractivity contribution is 0.104. The van der Waals surface area contributed by atoms with Gasteiger partial charge in [0.15, 0.2) is 0 Å². The molecule has 1 saturated heterocycles. The Bertz CT molecular complexity index is 85.0. The molecule has 2 atom stereocenters. The number of rotatable bonds is 2. The van der Waals surface area contributed by atoms with Crippen molar-refractivity contribution in [1.82, 2.24) is 0 Å². The van der Waals surface area contributed by atoms with E-state index in [1.807, 2.05) is 0 Å². The first kappa shape index (κ1) is 7.03. The van der Waals surface area contributed by atoms with Crippen LogP contribution in [-0.4, -0.2) is 19.3 Å². The quantitative estimate of drug-likeness (QED) is 0.597. The van der Waals surface area contributed by atoms with Crippen molar-refractivity contribution in [1.29, 1.82) is 0 Å². The minimum absolute atomic E-state index is 0.452. The summed E-state index contributed by atoms with van der Waals surface area (Å²) in [6, 6.07) is 0. The van der Waals surface area contributed by atoms with Crippen molar-refractivity contribution in [3.05, 3.63) is 0 Å². The van der Waals surface area contributed by atoms with Crippen LogP contribution in [0.15, 0.2) is 0 Å². The minimum atomic E-state index is 0.452. The molecule has 0 aromatic carbocycles. The smallest absolute Gasteiger partial charge is 0.0576 e. The van der Waals surface area contributed by atoms with Crippen LogP contribution in [0.1, 0.15) is 19.8 Å². The van der Waals surface area contributed by atoms with Crippen LogP contribution in [-0.2, 0) is 4.74 Å². The molecule has 2 nitrogen and oxygen atoms in total. The van der Waals surface area contributed by atoms with Crippen molar-refractivity contribution >= 4 is 0 Å². The van der Waals surface area contributed by atoms with Crippen LogP contribution < -0.4 is 5.73 Å². The van der Waals surface area contributed by atoms with Gasteiger partial charge in [0.25, 0.3) is 0 Å². The fraction of sp³-hybridized carbons (Fsp3) is 1.00. The highest BCUT2D eigenvalue weighted by molar-refractivity contribution is 4.72. The van der Waals surface area contributed by atoms with Crippen molar-refractivity contribution in [2.24, 2.45) is 11.7 Å². The molecule has 2 N–H and O–H groups in total. The monoisotopic (exact) mass is 129 g/mol. The standard InChI is InChI=1S/C7H15NO/c1-6-7(2-4-8)3-5-9-6/h6-7H,2-5,8H2,1H3/t6-,7-/m1/s1. The Morgan fingerprint density at radius 1 is 1.67 bits per heavy atom. The molecular weight excluding hydrogens is 114 g/mol. The summed E-state index contributed by atoms with van der Waals surface area (Å²) in [7, 11) is 0. The highest BCUT2D eigenvalue weighted by atomic mass is 16.5. The SMILES string of the molecule is C[C@H]1OCC[C@H]1CCN. The lowest BCUT2D eigenvalue weighted by Gasteiger charge is -2.11. The second-order valence-corrected chi connectivity index (χ2v) is 2.70. The molecule has 0 saturated carbocycles. The molecule has 1 aliphatic rings. The fourth-order valence-corrected chi connectivity index (χ4v) is 1.37. The maximum Gasteiger partial charge on any atom is 0.0576 e. The average Bonchev–Trinajstić information content (AvgIpc) is 2.18. The van der Waals surface area contributed by atoms with Gasteiger partial charge < -0.3 is 10.5 Å². The molecule has 1 rings (SSSR count). The van der Waals surface area contributed by atoms with Gasteiger partial charge in [-0.3, -0.25) is 0 Å². The van der Waals surface area contributed by atoms with E-state index < -0.39 is 0 Å². The van der Waals surface area contributed by atoms with Crippen molar-refractivity contribution in [2.45, 2.75) is 25.9 Å². The molecule has 1 aliphatic heterocycles. The number of hydrogen-bond acceptors (Lipinski definition) is 2. The summed E-state index contributed by atoms with van der Waals surface area (Å²) in [5.41, 5.74) is 5.42. The van der Waals surface area contributed by atoms with Gasteiger partial charge in [0, 0.05) is 6.61 Å². The van der Waals surface area contributed by atoms with Crippen LogP contribution in [0.3, 0.4) is 0 Å². The van der Waals surface area contributed by atoms with Crippen molar-refractivity contribution in [2.75, 3.05) is 13.2 Å². The molecule has 0 amide bonds. The second kappa shape index (κ2) is 3.18. The van der Waals surface area contributed by atoms with Gasteiger partial charge in [-0.1, -0.05) is 0 Å². The van der Waals surface area contributed by atoms with E-state index in [4.69, 9.17) is 10.5 Å². The molecule has 1 fully saturated rings. The number of hydrogen-bond donors (Lipinski definition) is 1. The van der Waals surface area contributed by atoms with Crippen LogP contribution in [0.25, 0.3) is 0 Å². The van der Waals surface area contributed by atoms with Crippen LogP contribution in [0.5, 0.6) is 0 Å². The second-order valence-electron chi connectivity index (χ2n) is 2.70. The summed E-state index contributed by atoms with van der Waals surface area (Å²) in [5.74, 6) is 0.731. The van der Waals surface area contributed by atoms with Gasteiger partial charge in [-0.2, -0.15) is 0 Å². The van der Waals surface area contributed by atoms with E-state index in [-0.39, 0.29) is 0 Å².